The molecule has 0 spiro atoms. The van der Waals surface area contributed by atoms with Crippen LogP contribution in [0.1, 0.15) is 24.7 Å². The minimum atomic E-state index is -4.39. The quantitative estimate of drug-likeness (QED) is 0.901. The zero-order valence-electron chi connectivity index (χ0n) is 11.3. The molecule has 0 amide bonds. The van der Waals surface area contributed by atoms with Crippen LogP contribution in [-0.2, 0) is 10.0 Å². The summed E-state index contributed by atoms with van der Waals surface area (Å²) in [6, 6.07) is 1.17. The van der Waals surface area contributed by atoms with Gasteiger partial charge in [-0.3, -0.25) is 0 Å². The van der Waals surface area contributed by atoms with Crippen molar-refractivity contribution < 1.29 is 26.5 Å². The second-order valence-electron chi connectivity index (χ2n) is 4.75. The molecule has 1 aromatic heterocycles. The van der Waals surface area contributed by atoms with Crippen LogP contribution in [0, 0.1) is 11.6 Å². The Labute approximate surface area is 124 Å². The highest BCUT2D eigenvalue weighted by Gasteiger charge is 2.31. The first-order valence-corrected chi connectivity index (χ1v) is 7.78. The van der Waals surface area contributed by atoms with E-state index in [2.05, 4.69) is 14.9 Å². The summed E-state index contributed by atoms with van der Waals surface area (Å²) in [6.07, 6.45) is 1.79. The van der Waals surface area contributed by atoms with E-state index in [9.17, 15) is 17.2 Å². The summed E-state index contributed by atoms with van der Waals surface area (Å²) < 4.78 is 63.0. The van der Waals surface area contributed by atoms with E-state index in [1.165, 1.54) is 0 Å². The average Bonchev–Trinajstić information content (AvgIpc) is 3.21. The summed E-state index contributed by atoms with van der Waals surface area (Å²) in [7, 11) is -3.25. The van der Waals surface area contributed by atoms with Crippen molar-refractivity contribution in [3.8, 4) is 5.75 Å². The lowest BCUT2D eigenvalue weighted by atomic mass is 10.3. The van der Waals surface area contributed by atoms with Gasteiger partial charge in [0, 0.05) is 18.1 Å². The maximum atomic E-state index is 13.8. The standard InChI is InChI=1S/C12H11F2N3O4S/c1-20-9-4-8(14)10(5-7(9)13)22(18,19)17-12-15-11(21-16-12)6-2-3-6/h4-6H,2-3H2,1H3,(H,16,17). The molecule has 2 aromatic rings. The van der Waals surface area contributed by atoms with Crippen LogP contribution < -0.4 is 9.46 Å². The number of hydrogen-bond acceptors (Lipinski definition) is 6. The van der Waals surface area contributed by atoms with Crippen LogP contribution >= 0.6 is 0 Å². The molecular formula is C12H11F2N3O4S. The number of benzene rings is 1. The van der Waals surface area contributed by atoms with E-state index >= 15 is 0 Å². The van der Waals surface area contributed by atoms with E-state index in [0.717, 1.165) is 20.0 Å². The molecule has 1 aromatic carbocycles. The van der Waals surface area contributed by atoms with E-state index in [-0.39, 0.29) is 11.9 Å². The first-order valence-electron chi connectivity index (χ1n) is 6.30. The summed E-state index contributed by atoms with van der Waals surface area (Å²) in [5.74, 6) is -2.42. The second kappa shape index (κ2) is 5.20. The Morgan fingerprint density at radius 2 is 2.05 bits per heavy atom. The van der Waals surface area contributed by atoms with Gasteiger partial charge in [-0.15, -0.1) is 0 Å². The summed E-state index contributed by atoms with van der Waals surface area (Å²) in [4.78, 5) is 2.99. The molecular weight excluding hydrogens is 320 g/mol. The van der Waals surface area contributed by atoms with Gasteiger partial charge in [-0.25, -0.2) is 21.9 Å². The minimum Gasteiger partial charge on any atom is -0.494 e. The molecule has 0 saturated heterocycles. The highest BCUT2D eigenvalue weighted by Crippen LogP contribution is 2.39. The van der Waals surface area contributed by atoms with Crippen molar-refractivity contribution in [2.75, 3.05) is 11.8 Å². The van der Waals surface area contributed by atoms with Gasteiger partial charge in [-0.1, -0.05) is 0 Å². The summed E-state index contributed by atoms with van der Waals surface area (Å²) in [5.41, 5.74) is 0. The van der Waals surface area contributed by atoms with Crippen LogP contribution in [-0.4, -0.2) is 25.7 Å². The van der Waals surface area contributed by atoms with Crippen LogP contribution in [0.2, 0.25) is 0 Å². The van der Waals surface area contributed by atoms with Crippen molar-refractivity contribution in [2.24, 2.45) is 0 Å². The van der Waals surface area contributed by atoms with Gasteiger partial charge in [0.05, 0.1) is 7.11 Å². The molecule has 1 saturated carbocycles. The Morgan fingerprint density at radius 3 is 2.68 bits per heavy atom. The average molecular weight is 331 g/mol. The van der Waals surface area contributed by atoms with E-state index in [1.54, 1.807) is 0 Å². The van der Waals surface area contributed by atoms with Crippen molar-refractivity contribution in [1.29, 1.82) is 0 Å². The zero-order valence-corrected chi connectivity index (χ0v) is 12.2. The van der Waals surface area contributed by atoms with Gasteiger partial charge in [-0.05, 0) is 18.0 Å². The van der Waals surface area contributed by atoms with Crippen molar-refractivity contribution in [3.63, 3.8) is 0 Å². The van der Waals surface area contributed by atoms with Crippen LogP contribution in [0.5, 0.6) is 5.75 Å². The van der Waals surface area contributed by atoms with Gasteiger partial charge >= 0.3 is 0 Å². The van der Waals surface area contributed by atoms with Gasteiger partial charge < -0.3 is 9.26 Å². The first-order chi connectivity index (χ1) is 10.4. The predicted molar refractivity (Wildman–Crippen MR) is 70.0 cm³/mol. The summed E-state index contributed by atoms with van der Waals surface area (Å²) in [5, 5.41) is 3.46. The molecule has 0 radical (unpaired) electrons. The fourth-order valence-corrected chi connectivity index (χ4v) is 2.83. The molecule has 3 rings (SSSR count). The third kappa shape index (κ3) is 2.73. The van der Waals surface area contributed by atoms with Gasteiger partial charge in [0.2, 0.25) is 5.89 Å². The highest BCUT2D eigenvalue weighted by molar-refractivity contribution is 7.92. The number of hydrogen-bond donors (Lipinski definition) is 1. The molecule has 0 unspecified atom stereocenters. The maximum absolute atomic E-state index is 13.8. The molecule has 1 heterocycles. The number of halogens is 2. The Morgan fingerprint density at radius 1 is 1.32 bits per heavy atom. The molecule has 7 nitrogen and oxygen atoms in total. The third-order valence-corrected chi connectivity index (χ3v) is 4.43. The molecule has 10 heteroatoms. The molecule has 0 atom stereocenters. The van der Waals surface area contributed by atoms with Gasteiger partial charge in [0.15, 0.2) is 11.6 Å². The Hall–Kier alpha value is -2.23. The Kier molecular flexibility index (Phi) is 3.47. The molecule has 0 aliphatic heterocycles. The van der Waals surface area contributed by atoms with E-state index in [1.807, 2.05) is 4.72 Å². The number of methoxy groups -OCH3 is 1. The van der Waals surface area contributed by atoms with Gasteiger partial charge in [0.1, 0.15) is 10.7 Å². The SMILES string of the molecule is COc1cc(F)c(S(=O)(=O)Nc2noc(C3CC3)n2)cc1F. The van der Waals surface area contributed by atoms with Crippen LogP contribution in [0.25, 0.3) is 0 Å². The van der Waals surface area contributed by atoms with E-state index < -0.39 is 32.3 Å². The lowest BCUT2D eigenvalue weighted by molar-refractivity contribution is 0.380. The van der Waals surface area contributed by atoms with Crippen LogP contribution in [0.3, 0.4) is 0 Å². The molecule has 1 aliphatic carbocycles. The van der Waals surface area contributed by atoms with Crippen molar-refractivity contribution in [1.82, 2.24) is 10.1 Å². The highest BCUT2D eigenvalue weighted by atomic mass is 32.2. The fourth-order valence-electron chi connectivity index (χ4n) is 1.82. The second-order valence-corrected chi connectivity index (χ2v) is 6.40. The third-order valence-electron chi connectivity index (χ3n) is 3.09. The molecule has 1 fully saturated rings. The summed E-state index contributed by atoms with van der Waals surface area (Å²) in [6.45, 7) is 0. The van der Waals surface area contributed by atoms with Crippen LogP contribution in [0.15, 0.2) is 21.6 Å². The molecule has 1 N–H and O–H groups in total. The van der Waals surface area contributed by atoms with Gasteiger partial charge in [0.25, 0.3) is 16.0 Å². The lowest BCUT2D eigenvalue weighted by Gasteiger charge is -2.08. The van der Waals surface area contributed by atoms with E-state index in [4.69, 9.17) is 4.52 Å². The number of nitrogens with zero attached hydrogens (tertiary/aromatic N) is 2. The normalized spacial score (nSPS) is 14.9. The largest absolute Gasteiger partial charge is 0.494 e. The van der Waals surface area contributed by atoms with Crippen molar-refractivity contribution >= 4 is 16.0 Å². The van der Waals surface area contributed by atoms with Gasteiger partial charge in [-0.2, -0.15) is 4.98 Å². The number of aromatic nitrogens is 2. The molecule has 0 bridgehead atoms. The monoisotopic (exact) mass is 331 g/mol. The Bertz CT molecular complexity index is 818. The number of ether oxygens (including phenoxy) is 1. The molecule has 22 heavy (non-hydrogen) atoms. The zero-order chi connectivity index (χ0) is 15.9. The lowest BCUT2D eigenvalue weighted by Crippen LogP contribution is -2.16. The minimum absolute atomic E-state index is 0.140. The smallest absolute Gasteiger partial charge is 0.277 e. The van der Waals surface area contributed by atoms with Crippen molar-refractivity contribution in [3.05, 3.63) is 29.7 Å². The first kappa shape index (κ1) is 14.7. The van der Waals surface area contributed by atoms with Crippen molar-refractivity contribution in [2.45, 2.75) is 23.7 Å². The fraction of sp³-hybridized carbons (Fsp3) is 0.333. The number of nitrogens with one attached hydrogen (secondary N) is 1. The number of anilines is 1. The number of sulfonamides is 1. The molecule has 1 aliphatic rings. The predicted octanol–water partition coefficient (Wildman–Crippen LogP) is 2.03. The number of rotatable bonds is 5. The van der Waals surface area contributed by atoms with E-state index in [0.29, 0.717) is 18.0 Å². The van der Waals surface area contributed by atoms with Crippen LogP contribution in [0.4, 0.5) is 14.7 Å². The summed E-state index contributed by atoms with van der Waals surface area (Å²) >= 11 is 0. The Balaban J connectivity index is 1.90. The topological polar surface area (TPSA) is 94.3 Å². The molecule has 118 valence electrons. The maximum Gasteiger partial charge on any atom is 0.277 e.